The molecule has 0 aliphatic rings. The Hall–Kier alpha value is -1.90. The molecule has 106 valence electrons. The second-order valence-electron chi connectivity index (χ2n) is 3.98. The van der Waals surface area contributed by atoms with E-state index in [9.17, 15) is 13.2 Å². The molecule has 0 aliphatic heterocycles. The van der Waals surface area contributed by atoms with E-state index in [0.29, 0.717) is 5.69 Å². The van der Waals surface area contributed by atoms with Crippen molar-refractivity contribution in [2.24, 2.45) is 12.2 Å². The molecule has 1 aromatic heterocycles. The maximum Gasteiger partial charge on any atom is 0.273 e. The molecule has 3 N–H and O–H groups in total. The number of nitrogens with two attached hydrogens (primary N) is 1. The van der Waals surface area contributed by atoms with Gasteiger partial charge in [-0.15, -0.1) is 0 Å². The van der Waals surface area contributed by atoms with Crippen LogP contribution in [0.1, 0.15) is 10.5 Å². The zero-order valence-electron chi connectivity index (χ0n) is 10.4. The molecule has 20 heavy (non-hydrogen) atoms. The highest BCUT2D eigenvalue weighted by molar-refractivity contribution is 7.89. The van der Waals surface area contributed by atoms with Crippen molar-refractivity contribution in [3.63, 3.8) is 0 Å². The number of hydrogen-bond donors (Lipinski definition) is 2. The number of aryl methyl sites for hydroxylation is 1. The summed E-state index contributed by atoms with van der Waals surface area (Å²) in [6.45, 7) is 0. The molecule has 0 radical (unpaired) electrons. The van der Waals surface area contributed by atoms with Crippen molar-refractivity contribution in [3.05, 3.63) is 41.2 Å². The Kier molecular flexibility index (Phi) is 3.80. The van der Waals surface area contributed by atoms with E-state index in [1.54, 1.807) is 13.1 Å². The van der Waals surface area contributed by atoms with Gasteiger partial charge in [-0.3, -0.25) is 9.48 Å². The molecule has 2 rings (SSSR count). The first-order valence-corrected chi connectivity index (χ1v) is 7.33. The van der Waals surface area contributed by atoms with Gasteiger partial charge in [0.15, 0.2) is 0 Å². The number of halogens is 1. The molecule has 1 amide bonds. The van der Waals surface area contributed by atoms with Crippen molar-refractivity contribution in [1.82, 2.24) is 9.78 Å². The Morgan fingerprint density at radius 1 is 1.40 bits per heavy atom. The zero-order chi connectivity index (χ0) is 14.9. The van der Waals surface area contributed by atoms with Gasteiger partial charge in [0, 0.05) is 13.2 Å². The predicted molar refractivity (Wildman–Crippen MR) is 74.0 cm³/mol. The first-order chi connectivity index (χ1) is 9.29. The molecular weight excluding hydrogens is 304 g/mol. The van der Waals surface area contributed by atoms with Crippen LogP contribution in [0.2, 0.25) is 5.02 Å². The smallest absolute Gasteiger partial charge is 0.273 e. The second-order valence-corrected chi connectivity index (χ2v) is 5.95. The Morgan fingerprint density at radius 2 is 2.10 bits per heavy atom. The molecule has 0 atom stereocenters. The van der Waals surface area contributed by atoms with E-state index in [4.69, 9.17) is 16.7 Å². The Morgan fingerprint density at radius 3 is 2.60 bits per heavy atom. The summed E-state index contributed by atoms with van der Waals surface area (Å²) in [5, 5.41) is 11.5. The molecule has 0 saturated heterocycles. The minimum absolute atomic E-state index is 0.0760. The number of nitrogens with zero attached hydrogens (tertiary/aromatic N) is 2. The Labute approximate surface area is 120 Å². The SMILES string of the molecule is Cn1nccc1C(=O)Nc1ccc(S(N)(=O)=O)cc1Cl. The van der Waals surface area contributed by atoms with Crippen LogP contribution in [-0.2, 0) is 17.1 Å². The number of rotatable bonds is 3. The van der Waals surface area contributed by atoms with Crippen molar-refractivity contribution in [2.45, 2.75) is 4.90 Å². The summed E-state index contributed by atoms with van der Waals surface area (Å²) >= 11 is 5.92. The fraction of sp³-hybridized carbons (Fsp3) is 0.0909. The number of nitrogens with one attached hydrogen (secondary N) is 1. The Balaban J connectivity index is 2.27. The van der Waals surface area contributed by atoms with Crippen LogP contribution in [0.25, 0.3) is 0 Å². The number of amides is 1. The third-order valence-electron chi connectivity index (χ3n) is 2.57. The summed E-state index contributed by atoms with van der Waals surface area (Å²) in [5.74, 6) is -0.407. The molecule has 2 aromatic rings. The molecule has 0 aliphatic carbocycles. The van der Waals surface area contributed by atoms with Gasteiger partial charge in [0.2, 0.25) is 10.0 Å². The summed E-state index contributed by atoms with van der Waals surface area (Å²) < 4.78 is 23.7. The van der Waals surface area contributed by atoms with Crippen LogP contribution < -0.4 is 10.5 Å². The molecule has 0 saturated carbocycles. The van der Waals surface area contributed by atoms with Crippen LogP contribution >= 0.6 is 11.6 Å². The Bertz CT molecular complexity index is 770. The predicted octanol–water partition coefficient (Wildman–Crippen LogP) is 0.973. The molecule has 1 heterocycles. The van der Waals surface area contributed by atoms with Crippen LogP contribution in [0.15, 0.2) is 35.4 Å². The number of carbonyl (C=O) groups excluding carboxylic acids is 1. The topological polar surface area (TPSA) is 107 Å². The fourth-order valence-corrected chi connectivity index (χ4v) is 2.39. The molecular formula is C11H11ClN4O3S. The highest BCUT2D eigenvalue weighted by Crippen LogP contribution is 2.25. The molecule has 0 spiro atoms. The highest BCUT2D eigenvalue weighted by atomic mass is 35.5. The van der Waals surface area contributed by atoms with Crippen molar-refractivity contribution in [2.75, 3.05) is 5.32 Å². The van der Waals surface area contributed by atoms with E-state index >= 15 is 0 Å². The van der Waals surface area contributed by atoms with Gasteiger partial charge in [0.1, 0.15) is 5.69 Å². The first kappa shape index (κ1) is 14.5. The molecule has 0 bridgehead atoms. The maximum atomic E-state index is 12.0. The van der Waals surface area contributed by atoms with Crippen LogP contribution in [0.4, 0.5) is 5.69 Å². The van der Waals surface area contributed by atoms with Gasteiger partial charge in [0.05, 0.1) is 15.6 Å². The van der Waals surface area contributed by atoms with Gasteiger partial charge in [-0.1, -0.05) is 11.6 Å². The number of anilines is 1. The molecule has 0 unspecified atom stereocenters. The van der Waals surface area contributed by atoms with Crippen molar-refractivity contribution in [3.8, 4) is 0 Å². The molecule has 9 heteroatoms. The third kappa shape index (κ3) is 2.98. The number of hydrogen-bond acceptors (Lipinski definition) is 4. The lowest BCUT2D eigenvalue weighted by Crippen LogP contribution is -2.17. The third-order valence-corrected chi connectivity index (χ3v) is 3.79. The minimum Gasteiger partial charge on any atom is -0.319 e. The maximum absolute atomic E-state index is 12.0. The number of primary sulfonamides is 1. The van der Waals surface area contributed by atoms with Crippen LogP contribution in [-0.4, -0.2) is 24.1 Å². The fourth-order valence-electron chi connectivity index (χ4n) is 1.56. The molecule has 1 aromatic carbocycles. The van der Waals surface area contributed by atoms with Crippen LogP contribution in [0.5, 0.6) is 0 Å². The average molecular weight is 315 g/mol. The van der Waals surface area contributed by atoms with Gasteiger partial charge in [0.25, 0.3) is 5.91 Å². The lowest BCUT2D eigenvalue weighted by molar-refractivity contribution is 0.101. The molecule has 0 fully saturated rings. The van der Waals surface area contributed by atoms with Crippen LogP contribution in [0.3, 0.4) is 0 Å². The molecule has 7 nitrogen and oxygen atoms in total. The number of aromatic nitrogens is 2. The highest BCUT2D eigenvalue weighted by Gasteiger charge is 2.14. The zero-order valence-corrected chi connectivity index (χ0v) is 11.9. The lowest BCUT2D eigenvalue weighted by atomic mass is 10.3. The largest absolute Gasteiger partial charge is 0.319 e. The van der Waals surface area contributed by atoms with Crippen molar-refractivity contribution >= 4 is 33.2 Å². The van der Waals surface area contributed by atoms with E-state index in [0.717, 1.165) is 0 Å². The summed E-state index contributed by atoms with van der Waals surface area (Å²) in [5.41, 5.74) is 0.627. The van der Waals surface area contributed by atoms with E-state index in [-0.39, 0.29) is 15.6 Å². The minimum atomic E-state index is -3.83. The summed E-state index contributed by atoms with van der Waals surface area (Å²) in [6.07, 6.45) is 1.49. The average Bonchev–Trinajstić information content (AvgIpc) is 2.76. The monoisotopic (exact) mass is 314 g/mol. The van der Waals surface area contributed by atoms with Gasteiger partial charge in [-0.25, -0.2) is 13.6 Å². The van der Waals surface area contributed by atoms with Crippen molar-refractivity contribution < 1.29 is 13.2 Å². The van der Waals surface area contributed by atoms with E-state index < -0.39 is 15.9 Å². The van der Waals surface area contributed by atoms with Gasteiger partial charge in [-0.2, -0.15) is 5.10 Å². The standard InChI is InChI=1S/C11H11ClN4O3S/c1-16-10(4-5-14-16)11(17)15-9-3-2-7(6-8(9)12)20(13,18)19/h2-6H,1H3,(H,15,17)(H2,13,18,19). The quantitative estimate of drug-likeness (QED) is 0.880. The second kappa shape index (κ2) is 5.23. The van der Waals surface area contributed by atoms with Gasteiger partial charge < -0.3 is 5.32 Å². The van der Waals surface area contributed by atoms with Crippen molar-refractivity contribution in [1.29, 1.82) is 0 Å². The van der Waals surface area contributed by atoms with E-state index in [2.05, 4.69) is 10.4 Å². The summed E-state index contributed by atoms with van der Waals surface area (Å²) in [4.78, 5) is 11.8. The van der Waals surface area contributed by atoms with Gasteiger partial charge >= 0.3 is 0 Å². The lowest BCUT2D eigenvalue weighted by Gasteiger charge is -2.08. The number of sulfonamides is 1. The summed E-state index contributed by atoms with van der Waals surface area (Å²) in [7, 11) is -2.21. The van der Waals surface area contributed by atoms with Gasteiger partial charge in [-0.05, 0) is 24.3 Å². The number of carbonyl (C=O) groups is 1. The first-order valence-electron chi connectivity index (χ1n) is 5.41. The van der Waals surface area contributed by atoms with E-state index in [1.165, 1.54) is 29.1 Å². The normalized spacial score (nSPS) is 11.3. The van der Waals surface area contributed by atoms with Crippen LogP contribution in [0, 0.1) is 0 Å². The summed E-state index contributed by atoms with van der Waals surface area (Å²) in [6, 6.07) is 5.36. The number of benzene rings is 1. The van der Waals surface area contributed by atoms with E-state index in [1.807, 2.05) is 0 Å².